The smallest absolute Gasteiger partial charge is 0.188 e. The lowest BCUT2D eigenvalue weighted by Crippen LogP contribution is -1.98. The Kier molecular flexibility index (Phi) is 5.17. The van der Waals surface area contributed by atoms with Crippen molar-refractivity contribution in [1.82, 2.24) is 0 Å². The first kappa shape index (κ1) is 16.0. The standard InChI is InChI=1S/C17H14ClFO3/c1-21-16-10-11(9-13(18)17(16)22-2)7-8-15(20)12-5-3-4-6-14(12)19/h3-10H,1-2H3/b8-7+. The second kappa shape index (κ2) is 7.09. The Morgan fingerprint density at radius 3 is 2.55 bits per heavy atom. The fourth-order valence-corrected chi connectivity index (χ4v) is 2.25. The first-order valence-corrected chi connectivity index (χ1v) is 6.83. The SMILES string of the molecule is COc1cc(/C=C/C(=O)c2ccccc2F)cc(Cl)c1OC. The lowest BCUT2D eigenvalue weighted by atomic mass is 10.1. The Bertz CT molecular complexity index is 726. The first-order chi connectivity index (χ1) is 10.6. The van der Waals surface area contributed by atoms with E-state index in [9.17, 15) is 9.18 Å². The number of rotatable bonds is 5. The summed E-state index contributed by atoms with van der Waals surface area (Å²) in [5.41, 5.74) is 0.665. The lowest BCUT2D eigenvalue weighted by Gasteiger charge is -2.10. The zero-order valence-corrected chi connectivity index (χ0v) is 12.9. The van der Waals surface area contributed by atoms with Crippen LogP contribution in [0.1, 0.15) is 15.9 Å². The predicted octanol–water partition coefficient (Wildman–Crippen LogP) is 4.39. The molecular weight excluding hydrogens is 307 g/mol. The van der Waals surface area contributed by atoms with Crippen LogP contribution in [0, 0.1) is 5.82 Å². The average Bonchev–Trinajstić information content (AvgIpc) is 2.52. The average molecular weight is 321 g/mol. The van der Waals surface area contributed by atoms with Crippen LogP contribution >= 0.6 is 11.6 Å². The van der Waals surface area contributed by atoms with E-state index in [-0.39, 0.29) is 5.56 Å². The molecule has 2 aromatic carbocycles. The van der Waals surface area contributed by atoms with Gasteiger partial charge in [-0.15, -0.1) is 0 Å². The van der Waals surface area contributed by atoms with Gasteiger partial charge in [0.25, 0.3) is 0 Å². The Balaban J connectivity index is 2.29. The van der Waals surface area contributed by atoms with E-state index >= 15 is 0 Å². The summed E-state index contributed by atoms with van der Waals surface area (Å²) in [4.78, 5) is 12.0. The molecule has 0 radical (unpaired) electrons. The Labute approximate surface area is 132 Å². The monoisotopic (exact) mass is 320 g/mol. The summed E-state index contributed by atoms with van der Waals surface area (Å²) in [6.07, 6.45) is 2.83. The van der Waals surface area contributed by atoms with Gasteiger partial charge in [0.05, 0.1) is 24.8 Å². The van der Waals surface area contributed by atoms with Crippen LogP contribution in [0.4, 0.5) is 4.39 Å². The van der Waals surface area contributed by atoms with Gasteiger partial charge in [-0.05, 0) is 35.9 Å². The summed E-state index contributed by atoms with van der Waals surface area (Å²) in [6, 6.07) is 9.13. The summed E-state index contributed by atoms with van der Waals surface area (Å²) in [5.74, 6) is -0.110. The molecule has 0 N–H and O–H groups in total. The number of ketones is 1. The topological polar surface area (TPSA) is 35.5 Å². The molecule has 0 saturated carbocycles. The molecule has 0 saturated heterocycles. The van der Waals surface area contributed by atoms with Crippen LogP contribution in [-0.4, -0.2) is 20.0 Å². The van der Waals surface area contributed by atoms with Gasteiger partial charge >= 0.3 is 0 Å². The minimum atomic E-state index is -0.553. The van der Waals surface area contributed by atoms with Gasteiger partial charge in [-0.25, -0.2) is 4.39 Å². The second-order valence-electron chi connectivity index (χ2n) is 4.42. The number of carbonyl (C=O) groups is 1. The zero-order chi connectivity index (χ0) is 16.1. The molecule has 0 fully saturated rings. The molecule has 0 aliphatic carbocycles. The van der Waals surface area contributed by atoms with E-state index in [1.807, 2.05) is 0 Å². The van der Waals surface area contributed by atoms with Crippen molar-refractivity contribution in [2.24, 2.45) is 0 Å². The van der Waals surface area contributed by atoms with E-state index in [1.54, 1.807) is 24.3 Å². The summed E-state index contributed by atoms with van der Waals surface area (Å²) < 4.78 is 23.9. The predicted molar refractivity (Wildman–Crippen MR) is 84.3 cm³/mol. The molecule has 0 atom stereocenters. The Morgan fingerprint density at radius 1 is 1.18 bits per heavy atom. The Morgan fingerprint density at radius 2 is 1.91 bits per heavy atom. The van der Waals surface area contributed by atoms with Crippen molar-refractivity contribution in [3.63, 3.8) is 0 Å². The molecule has 0 aliphatic rings. The molecule has 0 aromatic heterocycles. The van der Waals surface area contributed by atoms with E-state index in [0.717, 1.165) is 0 Å². The van der Waals surface area contributed by atoms with Crippen LogP contribution in [0.25, 0.3) is 6.08 Å². The number of carbonyl (C=O) groups excluding carboxylic acids is 1. The molecule has 5 heteroatoms. The van der Waals surface area contributed by atoms with Gasteiger partial charge in [0.1, 0.15) is 5.82 Å². The largest absolute Gasteiger partial charge is 0.493 e. The van der Waals surface area contributed by atoms with Crippen molar-refractivity contribution < 1.29 is 18.7 Å². The van der Waals surface area contributed by atoms with Gasteiger partial charge in [0.2, 0.25) is 0 Å². The summed E-state index contributed by atoms with van der Waals surface area (Å²) in [7, 11) is 2.98. The minimum Gasteiger partial charge on any atom is -0.493 e. The molecule has 0 aliphatic heterocycles. The van der Waals surface area contributed by atoms with Crippen LogP contribution < -0.4 is 9.47 Å². The highest BCUT2D eigenvalue weighted by atomic mass is 35.5. The van der Waals surface area contributed by atoms with Gasteiger partial charge in [-0.2, -0.15) is 0 Å². The third-order valence-corrected chi connectivity index (χ3v) is 3.30. The fourth-order valence-electron chi connectivity index (χ4n) is 1.96. The van der Waals surface area contributed by atoms with Crippen LogP contribution in [0.5, 0.6) is 11.5 Å². The van der Waals surface area contributed by atoms with Crippen LogP contribution in [0.2, 0.25) is 5.02 Å². The third kappa shape index (κ3) is 3.46. The van der Waals surface area contributed by atoms with Crippen molar-refractivity contribution in [2.75, 3.05) is 14.2 Å². The van der Waals surface area contributed by atoms with E-state index in [4.69, 9.17) is 21.1 Å². The van der Waals surface area contributed by atoms with Crippen molar-refractivity contribution in [2.45, 2.75) is 0 Å². The van der Waals surface area contributed by atoms with Crippen LogP contribution in [-0.2, 0) is 0 Å². The molecule has 0 spiro atoms. The summed E-state index contributed by atoms with van der Waals surface area (Å²) in [5, 5.41) is 0.361. The molecule has 2 aromatic rings. The zero-order valence-electron chi connectivity index (χ0n) is 12.1. The molecule has 0 amide bonds. The molecule has 2 rings (SSSR count). The number of benzene rings is 2. The molecular formula is C17H14ClFO3. The minimum absolute atomic E-state index is 0.0188. The molecule has 3 nitrogen and oxygen atoms in total. The molecule has 22 heavy (non-hydrogen) atoms. The van der Waals surface area contributed by atoms with Gasteiger partial charge in [0.15, 0.2) is 17.3 Å². The summed E-state index contributed by atoms with van der Waals surface area (Å²) >= 11 is 6.09. The van der Waals surface area contributed by atoms with E-state index in [0.29, 0.717) is 22.1 Å². The van der Waals surface area contributed by atoms with Crippen molar-refractivity contribution in [3.8, 4) is 11.5 Å². The highest BCUT2D eigenvalue weighted by molar-refractivity contribution is 6.32. The quantitative estimate of drug-likeness (QED) is 0.605. The number of methoxy groups -OCH3 is 2. The second-order valence-corrected chi connectivity index (χ2v) is 4.82. The van der Waals surface area contributed by atoms with Crippen molar-refractivity contribution in [1.29, 1.82) is 0 Å². The van der Waals surface area contributed by atoms with Gasteiger partial charge < -0.3 is 9.47 Å². The lowest BCUT2D eigenvalue weighted by molar-refractivity contribution is 0.104. The molecule has 0 unspecified atom stereocenters. The molecule has 114 valence electrons. The van der Waals surface area contributed by atoms with E-state index < -0.39 is 11.6 Å². The van der Waals surface area contributed by atoms with Gasteiger partial charge in [-0.1, -0.05) is 29.8 Å². The maximum atomic E-state index is 13.5. The van der Waals surface area contributed by atoms with Crippen LogP contribution in [0.3, 0.4) is 0 Å². The number of hydrogen-bond acceptors (Lipinski definition) is 3. The van der Waals surface area contributed by atoms with E-state index in [1.165, 1.54) is 38.5 Å². The third-order valence-electron chi connectivity index (χ3n) is 3.02. The number of ether oxygens (including phenoxy) is 2. The van der Waals surface area contributed by atoms with Crippen LogP contribution in [0.15, 0.2) is 42.5 Å². The van der Waals surface area contributed by atoms with Crippen molar-refractivity contribution in [3.05, 3.63) is 64.4 Å². The molecule has 0 heterocycles. The number of halogens is 2. The highest BCUT2D eigenvalue weighted by Crippen LogP contribution is 2.36. The fraction of sp³-hybridized carbons (Fsp3) is 0.118. The number of hydrogen-bond donors (Lipinski definition) is 0. The highest BCUT2D eigenvalue weighted by Gasteiger charge is 2.11. The summed E-state index contributed by atoms with van der Waals surface area (Å²) in [6.45, 7) is 0. The van der Waals surface area contributed by atoms with Gasteiger partial charge in [-0.3, -0.25) is 4.79 Å². The maximum absolute atomic E-state index is 13.5. The first-order valence-electron chi connectivity index (χ1n) is 6.45. The normalized spacial score (nSPS) is 10.7. The van der Waals surface area contributed by atoms with Gasteiger partial charge in [0, 0.05) is 0 Å². The van der Waals surface area contributed by atoms with Crippen molar-refractivity contribution >= 4 is 23.5 Å². The Hall–Kier alpha value is -2.33. The van der Waals surface area contributed by atoms with E-state index in [2.05, 4.69) is 0 Å². The maximum Gasteiger partial charge on any atom is 0.188 e. The molecule has 0 bridgehead atoms. The number of allylic oxidation sites excluding steroid dienone is 1.